The first-order valence-electron chi connectivity index (χ1n) is 5.85. The van der Waals surface area contributed by atoms with Gasteiger partial charge in [-0.15, -0.1) is 0 Å². The standard InChI is InChI=1S/C12H18N2O4S/c1-4-14(5-2)12(15)9-7-6-8-10(18-3)11(9)19(13,16)17/h6-8H,4-5H2,1-3H3,(H2,13,16,17). The summed E-state index contributed by atoms with van der Waals surface area (Å²) in [4.78, 5) is 13.5. The fraction of sp³-hybridized carbons (Fsp3) is 0.417. The summed E-state index contributed by atoms with van der Waals surface area (Å²) in [6.45, 7) is 4.60. The molecule has 1 aromatic carbocycles. The lowest BCUT2D eigenvalue weighted by Crippen LogP contribution is -2.32. The Morgan fingerprint density at radius 3 is 2.32 bits per heavy atom. The van der Waals surface area contributed by atoms with Gasteiger partial charge in [0.1, 0.15) is 10.6 Å². The molecule has 0 saturated carbocycles. The molecule has 0 spiro atoms. The van der Waals surface area contributed by atoms with Crippen LogP contribution in [0.4, 0.5) is 0 Å². The maximum Gasteiger partial charge on any atom is 0.255 e. The Bertz CT molecular complexity index is 565. The van der Waals surface area contributed by atoms with E-state index in [4.69, 9.17) is 9.88 Å². The van der Waals surface area contributed by atoms with Crippen LogP contribution < -0.4 is 9.88 Å². The largest absolute Gasteiger partial charge is 0.495 e. The third-order valence-electron chi connectivity index (χ3n) is 2.76. The van der Waals surface area contributed by atoms with Gasteiger partial charge in [-0.25, -0.2) is 13.6 Å². The molecular formula is C12H18N2O4S. The molecule has 0 aliphatic heterocycles. The van der Waals surface area contributed by atoms with E-state index in [-0.39, 0.29) is 22.1 Å². The van der Waals surface area contributed by atoms with E-state index < -0.39 is 10.0 Å². The Balaban J connectivity index is 3.48. The molecule has 0 fully saturated rings. The molecular weight excluding hydrogens is 268 g/mol. The number of methoxy groups -OCH3 is 1. The van der Waals surface area contributed by atoms with Crippen molar-refractivity contribution < 1.29 is 17.9 Å². The van der Waals surface area contributed by atoms with E-state index in [0.29, 0.717) is 13.1 Å². The van der Waals surface area contributed by atoms with E-state index in [2.05, 4.69) is 0 Å². The third kappa shape index (κ3) is 3.24. The van der Waals surface area contributed by atoms with Crippen LogP contribution in [-0.4, -0.2) is 39.4 Å². The molecule has 6 nitrogen and oxygen atoms in total. The molecule has 7 heteroatoms. The fourth-order valence-electron chi connectivity index (χ4n) is 1.82. The van der Waals surface area contributed by atoms with Crippen LogP contribution in [-0.2, 0) is 10.0 Å². The average Bonchev–Trinajstić information content (AvgIpc) is 2.38. The van der Waals surface area contributed by atoms with Crippen LogP contribution in [0.15, 0.2) is 23.1 Å². The van der Waals surface area contributed by atoms with E-state index >= 15 is 0 Å². The topological polar surface area (TPSA) is 89.7 Å². The lowest BCUT2D eigenvalue weighted by Gasteiger charge is -2.20. The van der Waals surface area contributed by atoms with Crippen molar-refractivity contribution in [2.75, 3.05) is 20.2 Å². The van der Waals surface area contributed by atoms with Crippen molar-refractivity contribution in [3.63, 3.8) is 0 Å². The molecule has 106 valence electrons. The van der Waals surface area contributed by atoms with Gasteiger partial charge in [-0.05, 0) is 26.0 Å². The number of rotatable bonds is 5. The maximum atomic E-state index is 12.3. The summed E-state index contributed by atoms with van der Waals surface area (Å²) in [5, 5.41) is 5.18. The summed E-state index contributed by atoms with van der Waals surface area (Å²) in [7, 11) is -2.71. The number of carbonyl (C=O) groups is 1. The van der Waals surface area contributed by atoms with Crippen LogP contribution in [0.3, 0.4) is 0 Å². The molecule has 1 rings (SSSR count). The van der Waals surface area contributed by atoms with E-state index in [9.17, 15) is 13.2 Å². The number of carbonyl (C=O) groups excluding carboxylic acids is 1. The highest BCUT2D eigenvalue weighted by Crippen LogP contribution is 2.27. The Morgan fingerprint density at radius 2 is 1.89 bits per heavy atom. The maximum absolute atomic E-state index is 12.3. The van der Waals surface area contributed by atoms with Crippen LogP contribution in [0.1, 0.15) is 24.2 Å². The molecule has 0 heterocycles. The number of nitrogens with two attached hydrogens (primary N) is 1. The second-order valence-electron chi connectivity index (χ2n) is 3.86. The normalized spacial score (nSPS) is 11.2. The minimum absolute atomic E-state index is 0.0329. The molecule has 0 saturated heterocycles. The van der Waals surface area contributed by atoms with Crippen molar-refractivity contribution in [1.82, 2.24) is 4.90 Å². The van der Waals surface area contributed by atoms with E-state index in [1.165, 1.54) is 24.1 Å². The summed E-state index contributed by atoms with van der Waals surface area (Å²) in [6.07, 6.45) is 0. The molecule has 0 aromatic heterocycles. The highest BCUT2D eigenvalue weighted by atomic mass is 32.2. The van der Waals surface area contributed by atoms with Crippen LogP contribution in [0.25, 0.3) is 0 Å². The highest BCUT2D eigenvalue weighted by molar-refractivity contribution is 7.89. The number of benzene rings is 1. The van der Waals surface area contributed by atoms with Gasteiger partial charge >= 0.3 is 0 Å². The highest BCUT2D eigenvalue weighted by Gasteiger charge is 2.26. The van der Waals surface area contributed by atoms with Gasteiger partial charge in [0.2, 0.25) is 10.0 Å². The molecule has 0 radical (unpaired) electrons. The minimum Gasteiger partial charge on any atom is -0.495 e. The number of nitrogens with zero attached hydrogens (tertiary/aromatic N) is 1. The zero-order valence-electron chi connectivity index (χ0n) is 11.2. The van der Waals surface area contributed by atoms with Crippen molar-refractivity contribution in [2.45, 2.75) is 18.7 Å². The fourth-order valence-corrected chi connectivity index (χ4v) is 2.71. The van der Waals surface area contributed by atoms with Gasteiger partial charge in [0.25, 0.3) is 5.91 Å². The Morgan fingerprint density at radius 1 is 1.32 bits per heavy atom. The van der Waals surface area contributed by atoms with Gasteiger partial charge in [0.15, 0.2) is 0 Å². The van der Waals surface area contributed by atoms with Crippen molar-refractivity contribution in [1.29, 1.82) is 0 Å². The third-order valence-corrected chi connectivity index (χ3v) is 3.75. The summed E-state index contributed by atoms with van der Waals surface area (Å²) in [5.74, 6) is -0.312. The molecule has 0 atom stereocenters. The molecule has 0 unspecified atom stereocenters. The molecule has 0 aliphatic carbocycles. The smallest absolute Gasteiger partial charge is 0.255 e. The van der Waals surface area contributed by atoms with Gasteiger partial charge < -0.3 is 9.64 Å². The van der Waals surface area contributed by atoms with Crippen LogP contribution in [0.5, 0.6) is 5.75 Å². The lowest BCUT2D eigenvalue weighted by molar-refractivity contribution is 0.0768. The zero-order chi connectivity index (χ0) is 14.6. The number of hydrogen-bond acceptors (Lipinski definition) is 4. The van der Waals surface area contributed by atoms with Gasteiger partial charge in [0.05, 0.1) is 12.7 Å². The molecule has 2 N–H and O–H groups in total. The number of sulfonamides is 1. The summed E-state index contributed by atoms with van der Waals surface area (Å²) < 4.78 is 28.3. The Hall–Kier alpha value is -1.60. The second-order valence-corrected chi connectivity index (χ2v) is 5.36. The van der Waals surface area contributed by atoms with Crippen LogP contribution >= 0.6 is 0 Å². The quantitative estimate of drug-likeness (QED) is 0.868. The van der Waals surface area contributed by atoms with Crippen molar-refractivity contribution in [3.05, 3.63) is 23.8 Å². The minimum atomic E-state index is -4.04. The van der Waals surface area contributed by atoms with Crippen LogP contribution in [0.2, 0.25) is 0 Å². The molecule has 0 bridgehead atoms. The molecule has 19 heavy (non-hydrogen) atoms. The summed E-state index contributed by atoms with van der Waals surface area (Å²) in [6, 6.07) is 4.45. The molecule has 0 aliphatic rings. The van der Waals surface area contributed by atoms with Crippen molar-refractivity contribution >= 4 is 15.9 Å². The van der Waals surface area contributed by atoms with Gasteiger partial charge in [0, 0.05) is 13.1 Å². The van der Waals surface area contributed by atoms with E-state index in [1.54, 1.807) is 6.07 Å². The van der Waals surface area contributed by atoms with Gasteiger partial charge in [-0.1, -0.05) is 6.07 Å². The summed E-state index contributed by atoms with van der Waals surface area (Å²) >= 11 is 0. The lowest BCUT2D eigenvalue weighted by atomic mass is 10.2. The monoisotopic (exact) mass is 286 g/mol. The van der Waals surface area contributed by atoms with E-state index in [1.807, 2.05) is 13.8 Å². The predicted molar refractivity (Wildman–Crippen MR) is 71.6 cm³/mol. The first kappa shape index (κ1) is 15.5. The predicted octanol–water partition coefficient (Wildman–Crippen LogP) is 0.825. The van der Waals surface area contributed by atoms with E-state index in [0.717, 1.165) is 0 Å². The molecule has 1 amide bonds. The zero-order valence-corrected chi connectivity index (χ0v) is 12.0. The van der Waals surface area contributed by atoms with Crippen LogP contribution in [0, 0.1) is 0 Å². The number of hydrogen-bond donors (Lipinski definition) is 1. The van der Waals surface area contributed by atoms with Crippen molar-refractivity contribution in [3.8, 4) is 5.75 Å². The van der Waals surface area contributed by atoms with Gasteiger partial charge in [-0.3, -0.25) is 4.79 Å². The second kappa shape index (κ2) is 6.03. The van der Waals surface area contributed by atoms with Crippen molar-refractivity contribution in [2.24, 2.45) is 5.14 Å². The SMILES string of the molecule is CCN(CC)C(=O)c1cccc(OC)c1S(N)(=O)=O. The number of primary sulfonamides is 1. The van der Waals surface area contributed by atoms with Gasteiger partial charge in [-0.2, -0.15) is 0 Å². The number of ether oxygens (including phenoxy) is 1. The Labute approximate surface area is 113 Å². The molecule has 1 aromatic rings. The Kier molecular flexibility index (Phi) is 4.90. The number of amides is 1. The average molecular weight is 286 g/mol. The first-order valence-corrected chi connectivity index (χ1v) is 7.40. The summed E-state index contributed by atoms with van der Waals surface area (Å²) in [5.41, 5.74) is 0.0329. The first-order chi connectivity index (χ1) is 8.86.